The highest BCUT2D eigenvalue weighted by atomic mass is 32.1. The number of hydrogen-bond donors (Lipinski definition) is 2. The normalized spacial score (nSPS) is 19.0. The number of aliphatic hydroxyl groups excluding tert-OH is 1. The second-order valence-corrected chi connectivity index (χ2v) is 8.43. The van der Waals surface area contributed by atoms with Crippen molar-refractivity contribution in [2.45, 2.75) is 59.6 Å². The molecule has 0 spiro atoms. The zero-order valence-corrected chi connectivity index (χ0v) is 15.4. The number of nitrogens with one attached hydrogen (secondary N) is 1. The average molecular weight is 326 g/mol. The molecule has 0 radical (unpaired) electrons. The van der Waals surface area contributed by atoms with Crippen molar-refractivity contribution in [3.63, 3.8) is 0 Å². The van der Waals surface area contributed by atoms with Gasteiger partial charge in [-0.1, -0.05) is 27.7 Å². The molecule has 1 aliphatic rings. The van der Waals surface area contributed by atoms with Crippen molar-refractivity contribution in [3.05, 3.63) is 11.1 Å². The second kappa shape index (κ2) is 7.28. The summed E-state index contributed by atoms with van der Waals surface area (Å²) in [5.74, 6) is 0.298. The van der Waals surface area contributed by atoms with Crippen LogP contribution in [0, 0.1) is 18.3 Å². The number of aryl methyl sites for hydroxylation is 1. The lowest BCUT2D eigenvalue weighted by molar-refractivity contribution is 0.0117. The average Bonchev–Trinajstić information content (AvgIpc) is 2.91. The molecular weight excluding hydrogens is 294 g/mol. The van der Waals surface area contributed by atoms with Crippen LogP contribution in [0.25, 0.3) is 0 Å². The lowest BCUT2D eigenvalue weighted by Gasteiger charge is -2.37. The molecule has 2 rings (SSSR count). The fourth-order valence-electron chi connectivity index (χ4n) is 3.18. The number of aromatic nitrogens is 1. The molecule has 5 heteroatoms. The molecule has 1 fully saturated rings. The minimum Gasteiger partial charge on any atom is -0.392 e. The number of nitrogens with zero attached hydrogens (tertiary/aromatic N) is 2. The quantitative estimate of drug-likeness (QED) is 0.844. The third-order valence-corrected chi connectivity index (χ3v) is 5.67. The van der Waals surface area contributed by atoms with Crippen LogP contribution in [0.1, 0.15) is 46.2 Å². The first-order valence-corrected chi connectivity index (χ1v) is 9.26. The number of piperidine rings is 1. The summed E-state index contributed by atoms with van der Waals surface area (Å²) in [4.78, 5) is 6.97. The molecule has 4 nitrogen and oxygen atoms in total. The van der Waals surface area contributed by atoms with Crippen molar-refractivity contribution in [2.75, 3.05) is 24.5 Å². The highest BCUT2D eigenvalue weighted by molar-refractivity contribution is 7.13. The predicted octanol–water partition coefficient (Wildman–Crippen LogP) is 3.05. The van der Waals surface area contributed by atoms with Crippen LogP contribution in [-0.4, -0.2) is 41.9 Å². The molecule has 1 atom stereocenters. The zero-order valence-electron chi connectivity index (χ0n) is 14.6. The van der Waals surface area contributed by atoms with Gasteiger partial charge in [0.25, 0.3) is 0 Å². The maximum absolute atomic E-state index is 10.3. The first kappa shape index (κ1) is 17.7. The van der Waals surface area contributed by atoms with Gasteiger partial charge in [-0.05, 0) is 25.7 Å². The predicted molar refractivity (Wildman–Crippen MR) is 94.7 cm³/mol. The molecule has 2 N–H and O–H groups in total. The molecule has 1 aliphatic heterocycles. The molecule has 0 aliphatic carbocycles. The fraction of sp³-hybridized carbons (Fsp3) is 0.824. The summed E-state index contributed by atoms with van der Waals surface area (Å²) < 4.78 is 0. The molecule has 1 aromatic rings. The molecule has 1 saturated heterocycles. The standard InChI is InChI=1S/C17H31N3OS/c1-12(2)15(21)17(4,5)11-18-14-6-8-20(9-7-14)16-19-13(3)10-22-16/h10,12,14-15,18,21H,6-9,11H2,1-5H3. The summed E-state index contributed by atoms with van der Waals surface area (Å²) in [5.41, 5.74) is 1.03. The first-order chi connectivity index (χ1) is 10.3. The Morgan fingerprint density at radius 1 is 1.41 bits per heavy atom. The molecule has 0 amide bonds. The number of hydrogen-bond acceptors (Lipinski definition) is 5. The Labute approximate surface area is 138 Å². The molecule has 0 saturated carbocycles. The van der Waals surface area contributed by atoms with Crippen LogP contribution >= 0.6 is 11.3 Å². The largest absolute Gasteiger partial charge is 0.392 e. The number of anilines is 1. The molecule has 126 valence electrons. The van der Waals surface area contributed by atoms with Crippen molar-refractivity contribution >= 4 is 16.5 Å². The molecular formula is C17H31N3OS. The lowest BCUT2D eigenvalue weighted by atomic mass is 9.80. The fourth-order valence-corrected chi connectivity index (χ4v) is 4.03. The summed E-state index contributed by atoms with van der Waals surface area (Å²) >= 11 is 1.74. The van der Waals surface area contributed by atoms with Gasteiger partial charge in [-0.2, -0.15) is 0 Å². The van der Waals surface area contributed by atoms with Gasteiger partial charge in [0.05, 0.1) is 11.8 Å². The van der Waals surface area contributed by atoms with Gasteiger partial charge in [0.2, 0.25) is 0 Å². The second-order valence-electron chi connectivity index (χ2n) is 7.59. The highest BCUT2D eigenvalue weighted by Gasteiger charge is 2.31. The Kier molecular flexibility index (Phi) is 5.86. The van der Waals surface area contributed by atoms with Crippen LogP contribution < -0.4 is 10.2 Å². The van der Waals surface area contributed by atoms with E-state index in [2.05, 4.69) is 55.2 Å². The summed E-state index contributed by atoms with van der Waals surface area (Å²) in [6.45, 7) is 13.5. The lowest BCUT2D eigenvalue weighted by Crippen LogP contribution is -2.48. The van der Waals surface area contributed by atoms with Gasteiger partial charge in [0.15, 0.2) is 5.13 Å². The Morgan fingerprint density at radius 2 is 2.05 bits per heavy atom. The van der Waals surface area contributed by atoms with Crippen molar-refractivity contribution < 1.29 is 5.11 Å². The maximum Gasteiger partial charge on any atom is 0.185 e. The van der Waals surface area contributed by atoms with Crippen LogP contribution in [0.3, 0.4) is 0 Å². The molecule has 1 aromatic heterocycles. The number of aliphatic hydroxyl groups is 1. The maximum atomic E-state index is 10.3. The van der Waals surface area contributed by atoms with Crippen LogP contribution in [0.15, 0.2) is 5.38 Å². The van der Waals surface area contributed by atoms with Crippen LogP contribution in [0.5, 0.6) is 0 Å². The van der Waals surface area contributed by atoms with Gasteiger partial charge in [-0.15, -0.1) is 11.3 Å². The van der Waals surface area contributed by atoms with Gasteiger partial charge >= 0.3 is 0 Å². The number of rotatable bonds is 6. The van der Waals surface area contributed by atoms with Gasteiger partial charge < -0.3 is 15.3 Å². The third-order valence-electron chi connectivity index (χ3n) is 4.65. The van der Waals surface area contributed by atoms with Gasteiger partial charge in [-0.3, -0.25) is 0 Å². The summed E-state index contributed by atoms with van der Waals surface area (Å²) in [5, 5.41) is 17.3. The Morgan fingerprint density at radius 3 is 2.55 bits per heavy atom. The van der Waals surface area contributed by atoms with Gasteiger partial charge in [0, 0.05) is 36.5 Å². The minimum atomic E-state index is -0.265. The van der Waals surface area contributed by atoms with E-state index in [1.54, 1.807) is 11.3 Å². The van der Waals surface area contributed by atoms with Crippen molar-refractivity contribution in [1.29, 1.82) is 0 Å². The van der Waals surface area contributed by atoms with E-state index in [9.17, 15) is 5.11 Å². The Hall–Kier alpha value is -0.650. The third kappa shape index (κ3) is 4.43. The van der Waals surface area contributed by atoms with Crippen molar-refractivity contribution in [1.82, 2.24) is 10.3 Å². The molecule has 22 heavy (non-hydrogen) atoms. The number of thiazole rings is 1. The SMILES string of the molecule is Cc1csc(N2CCC(NCC(C)(C)C(O)C(C)C)CC2)n1. The van der Waals surface area contributed by atoms with E-state index in [4.69, 9.17) is 0 Å². The highest BCUT2D eigenvalue weighted by Crippen LogP contribution is 2.27. The first-order valence-electron chi connectivity index (χ1n) is 8.38. The minimum absolute atomic E-state index is 0.0856. The van der Waals surface area contributed by atoms with E-state index in [1.165, 1.54) is 0 Å². The van der Waals surface area contributed by atoms with Crippen LogP contribution in [-0.2, 0) is 0 Å². The molecule has 2 heterocycles. The van der Waals surface area contributed by atoms with E-state index in [0.717, 1.165) is 43.3 Å². The van der Waals surface area contributed by atoms with Crippen LogP contribution in [0.4, 0.5) is 5.13 Å². The monoisotopic (exact) mass is 325 g/mol. The zero-order chi connectivity index (χ0) is 16.3. The summed E-state index contributed by atoms with van der Waals surface area (Å²) in [6, 6.07) is 0.552. The molecule has 0 bridgehead atoms. The van der Waals surface area contributed by atoms with Crippen molar-refractivity contribution in [3.8, 4) is 0 Å². The molecule has 0 aromatic carbocycles. The summed E-state index contributed by atoms with van der Waals surface area (Å²) in [6.07, 6.45) is 2.03. The topological polar surface area (TPSA) is 48.4 Å². The van der Waals surface area contributed by atoms with Gasteiger partial charge in [0.1, 0.15) is 0 Å². The van der Waals surface area contributed by atoms with E-state index < -0.39 is 0 Å². The molecule has 1 unspecified atom stereocenters. The Bertz CT molecular complexity index is 464. The smallest absolute Gasteiger partial charge is 0.185 e. The summed E-state index contributed by atoms with van der Waals surface area (Å²) in [7, 11) is 0. The van der Waals surface area contributed by atoms with E-state index in [1.807, 2.05) is 0 Å². The van der Waals surface area contributed by atoms with Crippen molar-refractivity contribution in [2.24, 2.45) is 11.3 Å². The Balaban J connectivity index is 1.78. The van der Waals surface area contributed by atoms with E-state index in [-0.39, 0.29) is 11.5 Å². The van der Waals surface area contributed by atoms with Crippen LogP contribution in [0.2, 0.25) is 0 Å². The van der Waals surface area contributed by atoms with E-state index in [0.29, 0.717) is 12.0 Å². The van der Waals surface area contributed by atoms with Gasteiger partial charge in [-0.25, -0.2) is 4.98 Å². The van der Waals surface area contributed by atoms with E-state index >= 15 is 0 Å².